The van der Waals surface area contributed by atoms with Crippen LogP contribution in [0.5, 0.6) is 5.75 Å². The van der Waals surface area contributed by atoms with Crippen molar-refractivity contribution in [1.82, 2.24) is 0 Å². The zero-order valence-corrected chi connectivity index (χ0v) is 12.7. The molecule has 0 spiro atoms. The number of hydrogen-bond donors (Lipinski definition) is 2. The van der Waals surface area contributed by atoms with Gasteiger partial charge in [-0.15, -0.1) is 0 Å². The van der Waals surface area contributed by atoms with E-state index in [1.807, 2.05) is 24.3 Å². The average Bonchev–Trinajstić information content (AvgIpc) is 2.47. The number of para-hydroxylation sites is 1. The van der Waals surface area contributed by atoms with Crippen molar-refractivity contribution in [1.29, 1.82) is 5.26 Å². The Hall–Kier alpha value is -1.99. The van der Waals surface area contributed by atoms with E-state index in [2.05, 4.69) is 34.2 Å². The van der Waals surface area contributed by atoms with Gasteiger partial charge in [0.25, 0.3) is 0 Å². The van der Waals surface area contributed by atoms with Crippen molar-refractivity contribution in [3.8, 4) is 11.8 Å². The Morgan fingerprint density at radius 1 is 1.30 bits per heavy atom. The number of halogens is 1. The van der Waals surface area contributed by atoms with Crippen molar-refractivity contribution in [2.75, 3.05) is 5.32 Å². The molecule has 0 radical (unpaired) electrons. The van der Waals surface area contributed by atoms with Gasteiger partial charge in [0.1, 0.15) is 5.75 Å². The van der Waals surface area contributed by atoms with Gasteiger partial charge < -0.3 is 10.4 Å². The molecule has 0 amide bonds. The fourth-order valence-electron chi connectivity index (χ4n) is 2.07. The molecule has 20 heavy (non-hydrogen) atoms. The fourth-order valence-corrected chi connectivity index (χ4v) is 2.56. The molecule has 2 rings (SSSR count). The topological polar surface area (TPSA) is 56.0 Å². The first-order chi connectivity index (χ1) is 9.65. The van der Waals surface area contributed by atoms with E-state index in [4.69, 9.17) is 5.26 Å². The van der Waals surface area contributed by atoms with E-state index in [9.17, 15) is 5.11 Å². The van der Waals surface area contributed by atoms with Crippen LogP contribution in [0, 0.1) is 11.3 Å². The maximum absolute atomic E-state index is 9.95. The Kier molecular flexibility index (Phi) is 4.65. The van der Waals surface area contributed by atoms with Crippen LogP contribution in [0.1, 0.15) is 30.5 Å². The number of aromatic hydroxyl groups is 1. The van der Waals surface area contributed by atoms with Crippen LogP contribution in [0.4, 0.5) is 5.69 Å². The Morgan fingerprint density at radius 2 is 2.05 bits per heavy atom. The van der Waals surface area contributed by atoms with Gasteiger partial charge in [-0.05, 0) is 46.6 Å². The molecular weight excluding hydrogens is 316 g/mol. The van der Waals surface area contributed by atoms with Gasteiger partial charge in [-0.1, -0.05) is 25.1 Å². The molecular formula is C16H15BrN2O. The Labute approximate surface area is 127 Å². The third-order valence-electron chi connectivity index (χ3n) is 3.15. The normalized spacial score (nSPS) is 11.7. The second kappa shape index (κ2) is 6.44. The highest BCUT2D eigenvalue weighted by atomic mass is 79.9. The highest BCUT2D eigenvalue weighted by Gasteiger charge is 2.14. The van der Waals surface area contributed by atoms with Crippen molar-refractivity contribution in [2.24, 2.45) is 0 Å². The van der Waals surface area contributed by atoms with Crippen LogP contribution in [0.2, 0.25) is 0 Å². The summed E-state index contributed by atoms with van der Waals surface area (Å²) in [6.45, 7) is 2.06. The van der Waals surface area contributed by atoms with E-state index in [0.717, 1.165) is 22.1 Å². The summed E-state index contributed by atoms with van der Waals surface area (Å²) in [7, 11) is 0. The molecule has 0 aliphatic carbocycles. The molecule has 0 saturated heterocycles. The lowest BCUT2D eigenvalue weighted by Crippen LogP contribution is -2.10. The minimum Gasteiger partial charge on any atom is -0.508 e. The summed E-state index contributed by atoms with van der Waals surface area (Å²) in [5.41, 5.74) is 2.38. The highest BCUT2D eigenvalue weighted by Crippen LogP contribution is 2.32. The van der Waals surface area contributed by atoms with Crippen LogP contribution in [-0.4, -0.2) is 5.11 Å². The average molecular weight is 331 g/mol. The lowest BCUT2D eigenvalue weighted by atomic mass is 10.0. The summed E-state index contributed by atoms with van der Waals surface area (Å²) < 4.78 is 0.838. The number of nitrogens with one attached hydrogen (secondary N) is 1. The van der Waals surface area contributed by atoms with Crippen LogP contribution >= 0.6 is 15.9 Å². The van der Waals surface area contributed by atoms with Crippen LogP contribution < -0.4 is 5.32 Å². The van der Waals surface area contributed by atoms with E-state index < -0.39 is 0 Å². The molecule has 0 aliphatic heterocycles. The van der Waals surface area contributed by atoms with Gasteiger partial charge in [0.15, 0.2) is 0 Å². The van der Waals surface area contributed by atoms with E-state index in [1.165, 1.54) is 0 Å². The van der Waals surface area contributed by atoms with Gasteiger partial charge in [0.05, 0.1) is 17.7 Å². The third-order valence-corrected chi connectivity index (χ3v) is 3.80. The number of phenols is 1. The van der Waals surface area contributed by atoms with Crippen molar-refractivity contribution in [3.05, 3.63) is 58.1 Å². The van der Waals surface area contributed by atoms with Gasteiger partial charge >= 0.3 is 0 Å². The van der Waals surface area contributed by atoms with Gasteiger partial charge in [-0.3, -0.25) is 0 Å². The first-order valence-corrected chi connectivity index (χ1v) is 7.19. The molecule has 102 valence electrons. The van der Waals surface area contributed by atoms with Crippen LogP contribution in [0.3, 0.4) is 0 Å². The third kappa shape index (κ3) is 3.12. The van der Waals surface area contributed by atoms with Gasteiger partial charge in [-0.2, -0.15) is 5.26 Å². The summed E-state index contributed by atoms with van der Waals surface area (Å²) in [5, 5.41) is 22.2. The molecule has 0 aromatic heterocycles. The molecule has 0 fully saturated rings. The standard InChI is InChI=1S/C16H15BrN2O/c1-2-14(12-5-3-4-6-16(12)20)19-15-8-7-11(10-18)9-13(15)17/h3-9,14,19-20H,2H2,1H3. The monoisotopic (exact) mass is 330 g/mol. The minimum atomic E-state index is 0.0143. The summed E-state index contributed by atoms with van der Waals surface area (Å²) >= 11 is 3.46. The number of benzene rings is 2. The maximum Gasteiger partial charge on any atom is 0.120 e. The number of phenolic OH excluding ortho intramolecular Hbond substituents is 1. The maximum atomic E-state index is 9.95. The SMILES string of the molecule is CCC(Nc1ccc(C#N)cc1Br)c1ccccc1O. The summed E-state index contributed by atoms with van der Waals surface area (Å²) in [5.74, 6) is 0.289. The molecule has 0 heterocycles. The van der Waals surface area contributed by atoms with Crippen molar-refractivity contribution >= 4 is 21.6 Å². The van der Waals surface area contributed by atoms with Crippen LogP contribution in [0.15, 0.2) is 46.9 Å². The van der Waals surface area contributed by atoms with Crippen molar-refractivity contribution in [3.63, 3.8) is 0 Å². The molecule has 0 bridgehead atoms. The Balaban J connectivity index is 2.28. The summed E-state index contributed by atoms with van der Waals surface area (Å²) in [6, 6.07) is 14.8. The molecule has 4 heteroatoms. The number of nitriles is 1. The number of hydrogen-bond acceptors (Lipinski definition) is 3. The second-order valence-corrected chi connectivity index (χ2v) is 5.32. The molecule has 0 aliphatic rings. The molecule has 3 nitrogen and oxygen atoms in total. The predicted molar refractivity (Wildman–Crippen MR) is 83.6 cm³/mol. The van der Waals surface area contributed by atoms with Gasteiger partial charge in [0, 0.05) is 15.7 Å². The molecule has 2 aromatic rings. The van der Waals surface area contributed by atoms with E-state index in [0.29, 0.717) is 5.56 Å². The minimum absolute atomic E-state index is 0.0143. The van der Waals surface area contributed by atoms with E-state index in [1.54, 1.807) is 18.2 Å². The quantitative estimate of drug-likeness (QED) is 0.861. The van der Waals surface area contributed by atoms with E-state index >= 15 is 0 Å². The molecule has 2 N–H and O–H groups in total. The molecule has 1 unspecified atom stereocenters. The number of nitrogens with zero attached hydrogens (tertiary/aromatic N) is 1. The van der Waals surface area contributed by atoms with E-state index in [-0.39, 0.29) is 11.8 Å². The first kappa shape index (κ1) is 14.4. The largest absolute Gasteiger partial charge is 0.508 e. The van der Waals surface area contributed by atoms with Crippen molar-refractivity contribution < 1.29 is 5.11 Å². The molecule has 2 aromatic carbocycles. The van der Waals surface area contributed by atoms with Crippen molar-refractivity contribution in [2.45, 2.75) is 19.4 Å². The fraction of sp³-hybridized carbons (Fsp3) is 0.188. The second-order valence-electron chi connectivity index (χ2n) is 4.47. The lowest BCUT2D eigenvalue weighted by molar-refractivity contribution is 0.463. The first-order valence-electron chi connectivity index (χ1n) is 6.39. The zero-order valence-electron chi connectivity index (χ0n) is 11.1. The van der Waals surface area contributed by atoms with Gasteiger partial charge in [0.2, 0.25) is 0 Å². The lowest BCUT2D eigenvalue weighted by Gasteiger charge is -2.20. The smallest absolute Gasteiger partial charge is 0.120 e. The predicted octanol–water partition coefficient (Wildman–Crippen LogP) is 4.59. The Bertz CT molecular complexity index is 649. The highest BCUT2D eigenvalue weighted by molar-refractivity contribution is 9.10. The molecule has 0 saturated carbocycles. The summed E-state index contributed by atoms with van der Waals surface area (Å²) in [4.78, 5) is 0. The zero-order chi connectivity index (χ0) is 14.5. The summed E-state index contributed by atoms with van der Waals surface area (Å²) in [6.07, 6.45) is 0.837. The Morgan fingerprint density at radius 3 is 2.65 bits per heavy atom. The van der Waals surface area contributed by atoms with Crippen LogP contribution in [-0.2, 0) is 0 Å². The van der Waals surface area contributed by atoms with Gasteiger partial charge in [-0.25, -0.2) is 0 Å². The molecule has 1 atom stereocenters. The number of anilines is 1. The van der Waals surface area contributed by atoms with Crippen LogP contribution in [0.25, 0.3) is 0 Å². The number of rotatable bonds is 4.